The maximum atomic E-state index is 5.44. The molecule has 1 rings (SSSR count). The van der Waals surface area contributed by atoms with Crippen LogP contribution in [0.15, 0.2) is 18.7 Å². The standard InChI is InChI=1S/C7H13N5/c8-4-12(5-9)3-7-1-10-6-11-2-7/h1-2,6H,3-5,8-9H2. The summed E-state index contributed by atoms with van der Waals surface area (Å²) >= 11 is 0. The molecule has 66 valence electrons. The molecule has 0 atom stereocenters. The van der Waals surface area contributed by atoms with Crippen molar-refractivity contribution in [3.8, 4) is 0 Å². The third-order valence-corrected chi connectivity index (χ3v) is 1.54. The van der Waals surface area contributed by atoms with Gasteiger partial charge in [-0.3, -0.25) is 4.90 Å². The summed E-state index contributed by atoms with van der Waals surface area (Å²) in [5.74, 6) is 0. The zero-order chi connectivity index (χ0) is 8.81. The molecule has 1 aromatic rings. The van der Waals surface area contributed by atoms with Gasteiger partial charge in [-0.1, -0.05) is 0 Å². The molecule has 5 nitrogen and oxygen atoms in total. The molecule has 0 radical (unpaired) electrons. The Hall–Kier alpha value is -1.04. The molecule has 0 aliphatic carbocycles. The van der Waals surface area contributed by atoms with E-state index in [0.717, 1.165) is 5.56 Å². The van der Waals surface area contributed by atoms with Crippen LogP contribution in [0.4, 0.5) is 0 Å². The minimum absolute atomic E-state index is 0.450. The number of nitrogens with zero attached hydrogens (tertiary/aromatic N) is 3. The molecular formula is C7H13N5. The predicted octanol–water partition coefficient (Wildman–Crippen LogP) is -0.889. The van der Waals surface area contributed by atoms with Crippen molar-refractivity contribution >= 4 is 0 Å². The first kappa shape index (κ1) is 9.05. The Morgan fingerprint density at radius 1 is 1.17 bits per heavy atom. The fraction of sp³-hybridized carbons (Fsp3) is 0.429. The van der Waals surface area contributed by atoms with Crippen molar-refractivity contribution in [2.45, 2.75) is 6.54 Å². The van der Waals surface area contributed by atoms with Crippen molar-refractivity contribution in [2.24, 2.45) is 11.5 Å². The van der Waals surface area contributed by atoms with Gasteiger partial charge in [0.15, 0.2) is 0 Å². The Labute approximate surface area is 71.4 Å². The summed E-state index contributed by atoms with van der Waals surface area (Å²) in [6, 6.07) is 0. The van der Waals surface area contributed by atoms with Crippen LogP contribution in [0.25, 0.3) is 0 Å². The van der Waals surface area contributed by atoms with Gasteiger partial charge in [0.1, 0.15) is 6.33 Å². The summed E-state index contributed by atoms with van der Waals surface area (Å²) < 4.78 is 0. The van der Waals surface area contributed by atoms with Crippen LogP contribution >= 0.6 is 0 Å². The van der Waals surface area contributed by atoms with Crippen molar-refractivity contribution in [1.82, 2.24) is 14.9 Å². The Kier molecular flexibility index (Phi) is 3.59. The molecule has 0 fully saturated rings. The first-order valence-corrected chi connectivity index (χ1v) is 3.73. The van der Waals surface area contributed by atoms with Crippen LogP contribution in [0.2, 0.25) is 0 Å². The first-order chi connectivity index (χ1) is 5.86. The van der Waals surface area contributed by atoms with Gasteiger partial charge in [0.2, 0.25) is 0 Å². The second-order valence-corrected chi connectivity index (χ2v) is 2.44. The molecule has 0 spiro atoms. The second kappa shape index (κ2) is 4.76. The van der Waals surface area contributed by atoms with E-state index in [9.17, 15) is 0 Å². The lowest BCUT2D eigenvalue weighted by atomic mass is 10.3. The molecule has 0 amide bonds. The Balaban J connectivity index is 2.51. The molecule has 0 aliphatic heterocycles. The third-order valence-electron chi connectivity index (χ3n) is 1.54. The highest BCUT2D eigenvalue weighted by Crippen LogP contribution is 1.97. The number of nitrogens with two attached hydrogens (primary N) is 2. The number of hydrogen-bond donors (Lipinski definition) is 2. The molecule has 5 heteroatoms. The molecule has 0 bridgehead atoms. The van der Waals surface area contributed by atoms with E-state index in [0.29, 0.717) is 19.9 Å². The average molecular weight is 167 g/mol. The maximum Gasteiger partial charge on any atom is 0.115 e. The summed E-state index contributed by atoms with van der Waals surface area (Å²) in [5, 5.41) is 0. The van der Waals surface area contributed by atoms with Gasteiger partial charge in [0, 0.05) is 37.8 Å². The summed E-state index contributed by atoms with van der Waals surface area (Å²) in [6.07, 6.45) is 5.01. The largest absolute Gasteiger partial charge is 0.318 e. The Morgan fingerprint density at radius 3 is 2.25 bits per heavy atom. The maximum absolute atomic E-state index is 5.44. The molecule has 0 aromatic carbocycles. The highest BCUT2D eigenvalue weighted by molar-refractivity contribution is 5.01. The third kappa shape index (κ3) is 2.54. The Bertz CT molecular complexity index is 208. The van der Waals surface area contributed by atoms with E-state index in [-0.39, 0.29) is 0 Å². The predicted molar refractivity (Wildman–Crippen MR) is 45.7 cm³/mol. The van der Waals surface area contributed by atoms with E-state index in [2.05, 4.69) is 9.97 Å². The second-order valence-electron chi connectivity index (χ2n) is 2.44. The quantitative estimate of drug-likeness (QED) is 0.569. The molecule has 1 heterocycles. The van der Waals surface area contributed by atoms with E-state index in [1.807, 2.05) is 4.90 Å². The SMILES string of the molecule is NCN(CN)Cc1cncnc1. The van der Waals surface area contributed by atoms with Crippen molar-refractivity contribution in [3.05, 3.63) is 24.3 Å². The van der Waals surface area contributed by atoms with Crippen LogP contribution in [0.3, 0.4) is 0 Å². The van der Waals surface area contributed by atoms with Gasteiger partial charge in [-0.25, -0.2) is 9.97 Å². The number of aromatic nitrogens is 2. The summed E-state index contributed by atoms with van der Waals surface area (Å²) in [5.41, 5.74) is 11.9. The normalized spacial score (nSPS) is 10.6. The molecular weight excluding hydrogens is 154 g/mol. The highest BCUT2D eigenvalue weighted by atomic mass is 15.2. The fourth-order valence-electron chi connectivity index (χ4n) is 0.873. The molecule has 4 N–H and O–H groups in total. The lowest BCUT2D eigenvalue weighted by molar-refractivity contribution is 0.281. The lowest BCUT2D eigenvalue weighted by Crippen LogP contribution is -2.34. The number of hydrogen-bond acceptors (Lipinski definition) is 5. The van der Waals surface area contributed by atoms with Crippen molar-refractivity contribution in [3.63, 3.8) is 0 Å². The van der Waals surface area contributed by atoms with Crippen LogP contribution in [0, 0.1) is 0 Å². The molecule has 0 unspecified atom stereocenters. The summed E-state index contributed by atoms with van der Waals surface area (Å²) in [6.45, 7) is 1.60. The zero-order valence-electron chi connectivity index (χ0n) is 6.85. The monoisotopic (exact) mass is 167 g/mol. The van der Waals surface area contributed by atoms with Gasteiger partial charge < -0.3 is 11.5 Å². The highest BCUT2D eigenvalue weighted by Gasteiger charge is 2.00. The van der Waals surface area contributed by atoms with E-state index >= 15 is 0 Å². The van der Waals surface area contributed by atoms with Gasteiger partial charge in [0.25, 0.3) is 0 Å². The van der Waals surface area contributed by atoms with Crippen LogP contribution in [0.5, 0.6) is 0 Å². The van der Waals surface area contributed by atoms with Crippen LogP contribution in [-0.4, -0.2) is 28.2 Å². The van der Waals surface area contributed by atoms with Crippen LogP contribution in [-0.2, 0) is 6.54 Å². The number of rotatable bonds is 4. The topological polar surface area (TPSA) is 81.1 Å². The van der Waals surface area contributed by atoms with Gasteiger partial charge in [-0.05, 0) is 0 Å². The summed E-state index contributed by atoms with van der Waals surface area (Å²) in [7, 11) is 0. The minimum Gasteiger partial charge on any atom is -0.318 e. The zero-order valence-corrected chi connectivity index (χ0v) is 6.85. The first-order valence-electron chi connectivity index (χ1n) is 3.73. The van der Waals surface area contributed by atoms with Gasteiger partial charge >= 0.3 is 0 Å². The summed E-state index contributed by atoms with van der Waals surface area (Å²) in [4.78, 5) is 9.66. The van der Waals surface area contributed by atoms with Crippen molar-refractivity contribution in [1.29, 1.82) is 0 Å². The molecule has 0 saturated heterocycles. The average Bonchev–Trinajstić information content (AvgIpc) is 2.16. The minimum atomic E-state index is 0.450. The van der Waals surface area contributed by atoms with Crippen molar-refractivity contribution < 1.29 is 0 Å². The fourth-order valence-corrected chi connectivity index (χ4v) is 0.873. The van der Waals surface area contributed by atoms with E-state index in [1.54, 1.807) is 12.4 Å². The van der Waals surface area contributed by atoms with Gasteiger partial charge in [0.05, 0.1) is 0 Å². The smallest absolute Gasteiger partial charge is 0.115 e. The Morgan fingerprint density at radius 2 is 1.75 bits per heavy atom. The van der Waals surface area contributed by atoms with E-state index < -0.39 is 0 Å². The van der Waals surface area contributed by atoms with E-state index in [4.69, 9.17) is 11.5 Å². The van der Waals surface area contributed by atoms with E-state index in [1.165, 1.54) is 6.33 Å². The van der Waals surface area contributed by atoms with Crippen LogP contribution in [0.1, 0.15) is 5.56 Å². The lowest BCUT2D eigenvalue weighted by Gasteiger charge is -2.16. The molecule has 1 aromatic heterocycles. The van der Waals surface area contributed by atoms with Crippen molar-refractivity contribution in [2.75, 3.05) is 13.3 Å². The molecule has 0 aliphatic rings. The van der Waals surface area contributed by atoms with Gasteiger partial charge in [-0.2, -0.15) is 0 Å². The molecule has 12 heavy (non-hydrogen) atoms. The van der Waals surface area contributed by atoms with Crippen LogP contribution < -0.4 is 11.5 Å². The van der Waals surface area contributed by atoms with Gasteiger partial charge in [-0.15, -0.1) is 0 Å². The molecule has 0 saturated carbocycles.